The molecule has 1 N–H and O–H groups in total. The van der Waals surface area contributed by atoms with Crippen molar-refractivity contribution in [2.75, 3.05) is 6.61 Å². The molecule has 0 unspecified atom stereocenters. The minimum atomic E-state index is -0.572. The van der Waals surface area contributed by atoms with Gasteiger partial charge in [-0.05, 0) is 42.4 Å². The van der Waals surface area contributed by atoms with Gasteiger partial charge in [-0.2, -0.15) is 0 Å². The maximum atomic E-state index is 13.9. The van der Waals surface area contributed by atoms with E-state index in [9.17, 15) is 9.59 Å². The highest BCUT2D eigenvalue weighted by atomic mass is 16.5. The van der Waals surface area contributed by atoms with Crippen LogP contribution in [0.4, 0.5) is 0 Å². The Kier molecular flexibility index (Phi) is 7.97. The number of esters is 1. The third-order valence-electron chi connectivity index (χ3n) is 7.33. The summed E-state index contributed by atoms with van der Waals surface area (Å²) in [6, 6.07) is 27.8. The molecule has 0 bridgehead atoms. The average Bonchev–Trinajstić information content (AvgIpc) is 2.95. The first-order chi connectivity index (χ1) is 18.9. The summed E-state index contributed by atoms with van der Waals surface area (Å²) >= 11 is 0. The normalized spacial score (nSPS) is 19.0. The number of allylic oxidation sites excluding steroid dienone is 3. The standard InChI is InChI=1S/C34H35NO4/c1-22(2)20-39-34(37)31-23(3)35-28-18-26(25-14-8-5-9-15-25)19-29(36)33(28)32(31)27-16-10-11-17-30(27)38-21-24-12-6-4-7-13-24/h4-17,22,26,32,35H,18-21H2,1-3H3/t26-,32-/m0/s1. The van der Waals surface area contributed by atoms with Gasteiger partial charge in [0.2, 0.25) is 0 Å². The van der Waals surface area contributed by atoms with Crippen molar-refractivity contribution in [1.82, 2.24) is 5.32 Å². The topological polar surface area (TPSA) is 64.6 Å². The molecule has 0 spiro atoms. The molecule has 2 atom stereocenters. The molecule has 0 aromatic heterocycles. The largest absolute Gasteiger partial charge is 0.489 e. The second kappa shape index (κ2) is 11.7. The first-order valence-corrected chi connectivity index (χ1v) is 13.6. The second-order valence-electron chi connectivity index (χ2n) is 10.7. The molecule has 200 valence electrons. The summed E-state index contributed by atoms with van der Waals surface area (Å²) in [5, 5.41) is 3.44. The van der Waals surface area contributed by atoms with Crippen molar-refractivity contribution in [2.24, 2.45) is 5.92 Å². The summed E-state index contributed by atoms with van der Waals surface area (Å²) < 4.78 is 12.0. The Morgan fingerprint density at radius 3 is 2.31 bits per heavy atom. The molecule has 39 heavy (non-hydrogen) atoms. The van der Waals surface area contributed by atoms with Gasteiger partial charge < -0.3 is 14.8 Å². The molecule has 3 aromatic carbocycles. The van der Waals surface area contributed by atoms with Crippen LogP contribution >= 0.6 is 0 Å². The Labute approximate surface area is 230 Å². The van der Waals surface area contributed by atoms with E-state index in [0.717, 1.165) is 22.4 Å². The number of Topliss-reactive ketones (excluding diaryl/α,β-unsaturated/α-hetero) is 1. The molecular weight excluding hydrogens is 486 g/mol. The molecule has 0 saturated heterocycles. The Morgan fingerprint density at radius 2 is 1.59 bits per heavy atom. The van der Waals surface area contributed by atoms with E-state index in [0.29, 0.717) is 48.6 Å². The van der Waals surface area contributed by atoms with Gasteiger partial charge in [0.25, 0.3) is 0 Å². The summed E-state index contributed by atoms with van der Waals surface area (Å²) in [6.07, 6.45) is 1.09. The van der Waals surface area contributed by atoms with E-state index in [1.165, 1.54) is 0 Å². The molecule has 1 aliphatic carbocycles. The van der Waals surface area contributed by atoms with Crippen molar-refractivity contribution < 1.29 is 19.1 Å². The first-order valence-electron chi connectivity index (χ1n) is 13.6. The van der Waals surface area contributed by atoms with Crippen LogP contribution in [0.3, 0.4) is 0 Å². The summed E-state index contributed by atoms with van der Waals surface area (Å²) in [7, 11) is 0. The SMILES string of the molecule is CC1=C(C(=O)OCC(C)C)[C@H](c2ccccc2OCc2ccccc2)C2=C(C[C@H](c3ccccc3)CC2=O)N1. The Bertz CT molecular complexity index is 1410. The van der Waals surface area contributed by atoms with Gasteiger partial charge >= 0.3 is 5.97 Å². The quantitative estimate of drug-likeness (QED) is 0.329. The molecule has 0 fully saturated rings. The van der Waals surface area contributed by atoms with Crippen LogP contribution in [0.1, 0.15) is 62.1 Å². The fourth-order valence-corrected chi connectivity index (χ4v) is 5.49. The van der Waals surface area contributed by atoms with Gasteiger partial charge in [-0.1, -0.05) is 92.7 Å². The summed E-state index contributed by atoms with van der Waals surface area (Å²) in [5.41, 5.74) is 5.68. The smallest absolute Gasteiger partial charge is 0.336 e. The zero-order chi connectivity index (χ0) is 27.4. The predicted molar refractivity (Wildman–Crippen MR) is 152 cm³/mol. The minimum absolute atomic E-state index is 0.0436. The number of rotatable bonds is 8. The molecular formula is C34H35NO4. The molecule has 3 aromatic rings. The van der Waals surface area contributed by atoms with E-state index in [2.05, 4.69) is 17.4 Å². The van der Waals surface area contributed by atoms with E-state index in [-0.39, 0.29) is 17.6 Å². The molecule has 1 aliphatic heterocycles. The number of benzene rings is 3. The summed E-state index contributed by atoms with van der Waals surface area (Å²) in [4.78, 5) is 27.5. The highest BCUT2D eigenvalue weighted by molar-refractivity contribution is 6.04. The zero-order valence-corrected chi connectivity index (χ0v) is 22.8. The van der Waals surface area contributed by atoms with Gasteiger partial charge in [-0.15, -0.1) is 0 Å². The van der Waals surface area contributed by atoms with Crippen molar-refractivity contribution >= 4 is 11.8 Å². The highest BCUT2D eigenvalue weighted by Crippen LogP contribution is 2.47. The van der Waals surface area contributed by atoms with Crippen LogP contribution in [0.25, 0.3) is 0 Å². The van der Waals surface area contributed by atoms with Crippen molar-refractivity contribution in [3.05, 3.63) is 124 Å². The number of ketones is 1. The lowest BCUT2D eigenvalue weighted by Gasteiger charge is -2.37. The van der Waals surface area contributed by atoms with Gasteiger partial charge in [-0.3, -0.25) is 4.79 Å². The lowest BCUT2D eigenvalue weighted by molar-refractivity contribution is -0.140. The van der Waals surface area contributed by atoms with Crippen LogP contribution in [0.15, 0.2) is 107 Å². The fraction of sp³-hybridized carbons (Fsp3) is 0.294. The van der Waals surface area contributed by atoms with Crippen LogP contribution in [0.2, 0.25) is 0 Å². The van der Waals surface area contributed by atoms with Gasteiger partial charge in [0.15, 0.2) is 5.78 Å². The number of dihydropyridines is 1. The van der Waals surface area contributed by atoms with Crippen LogP contribution < -0.4 is 10.1 Å². The van der Waals surface area contributed by atoms with Crippen molar-refractivity contribution in [3.63, 3.8) is 0 Å². The van der Waals surface area contributed by atoms with E-state index in [4.69, 9.17) is 9.47 Å². The third kappa shape index (κ3) is 5.83. The lowest BCUT2D eigenvalue weighted by atomic mass is 9.71. The molecule has 5 rings (SSSR count). The van der Waals surface area contributed by atoms with Gasteiger partial charge in [0.1, 0.15) is 12.4 Å². The van der Waals surface area contributed by atoms with Gasteiger partial charge in [0.05, 0.1) is 18.1 Å². The number of hydrogen-bond donors (Lipinski definition) is 1. The van der Waals surface area contributed by atoms with Gasteiger partial charge in [0, 0.05) is 29.0 Å². The maximum Gasteiger partial charge on any atom is 0.336 e. The average molecular weight is 522 g/mol. The van der Waals surface area contributed by atoms with Crippen molar-refractivity contribution in [3.8, 4) is 5.75 Å². The van der Waals surface area contributed by atoms with Crippen LogP contribution in [-0.2, 0) is 20.9 Å². The minimum Gasteiger partial charge on any atom is -0.489 e. The molecule has 1 heterocycles. The highest BCUT2D eigenvalue weighted by Gasteiger charge is 2.42. The molecule has 0 radical (unpaired) electrons. The van der Waals surface area contributed by atoms with Crippen molar-refractivity contribution in [1.29, 1.82) is 0 Å². The number of nitrogens with one attached hydrogen (secondary N) is 1. The number of carbonyl (C=O) groups is 2. The van der Waals surface area contributed by atoms with E-state index in [1.807, 2.05) is 93.6 Å². The zero-order valence-electron chi connectivity index (χ0n) is 22.8. The Hall–Kier alpha value is -4.12. The summed E-state index contributed by atoms with van der Waals surface area (Å²) in [6.45, 7) is 6.60. The van der Waals surface area contributed by atoms with E-state index >= 15 is 0 Å². The lowest BCUT2D eigenvalue weighted by Crippen LogP contribution is -2.36. The molecule has 5 heteroatoms. The van der Waals surface area contributed by atoms with Crippen molar-refractivity contribution in [2.45, 2.75) is 52.1 Å². The molecule has 5 nitrogen and oxygen atoms in total. The van der Waals surface area contributed by atoms with E-state index < -0.39 is 11.9 Å². The fourth-order valence-electron chi connectivity index (χ4n) is 5.49. The molecule has 2 aliphatic rings. The van der Waals surface area contributed by atoms with Crippen LogP contribution in [-0.4, -0.2) is 18.4 Å². The Morgan fingerprint density at radius 1 is 0.923 bits per heavy atom. The monoisotopic (exact) mass is 521 g/mol. The molecule has 0 amide bonds. The van der Waals surface area contributed by atoms with Gasteiger partial charge in [-0.25, -0.2) is 4.79 Å². The van der Waals surface area contributed by atoms with E-state index in [1.54, 1.807) is 0 Å². The summed E-state index contributed by atoms with van der Waals surface area (Å²) in [5.74, 6) is 0.00172. The predicted octanol–water partition coefficient (Wildman–Crippen LogP) is 6.83. The maximum absolute atomic E-state index is 13.9. The van der Waals surface area contributed by atoms with Crippen LogP contribution in [0.5, 0.6) is 5.75 Å². The Balaban J connectivity index is 1.56. The molecule has 0 saturated carbocycles. The number of hydrogen-bond acceptors (Lipinski definition) is 5. The number of ether oxygens (including phenoxy) is 2. The number of para-hydroxylation sites is 1. The number of carbonyl (C=O) groups excluding carboxylic acids is 2. The first kappa shape index (κ1) is 26.5. The van der Waals surface area contributed by atoms with Crippen LogP contribution in [0, 0.1) is 5.92 Å². The third-order valence-corrected chi connectivity index (χ3v) is 7.33. The second-order valence-corrected chi connectivity index (χ2v) is 10.7.